The maximum absolute atomic E-state index is 12.0. The highest BCUT2D eigenvalue weighted by molar-refractivity contribution is 7.89. The number of benzene rings is 1. The predicted octanol–water partition coefficient (Wildman–Crippen LogP) is 1.94. The zero-order valence-electron chi connectivity index (χ0n) is 11.8. The zero-order valence-corrected chi connectivity index (χ0v) is 12.6. The van der Waals surface area contributed by atoms with Crippen LogP contribution in [0, 0.1) is 5.41 Å². The van der Waals surface area contributed by atoms with E-state index in [-0.39, 0.29) is 16.9 Å². The van der Waals surface area contributed by atoms with Crippen LogP contribution in [0.5, 0.6) is 0 Å². The third-order valence-electron chi connectivity index (χ3n) is 2.80. The van der Waals surface area contributed by atoms with Crippen LogP contribution in [0.3, 0.4) is 0 Å². The first kappa shape index (κ1) is 16.1. The fourth-order valence-electron chi connectivity index (χ4n) is 1.61. The Balaban J connectivity index is 2.67. The molecule has 0 atom stereocenters. The van der Waals surface area contributed by atoms with Crippen molar-refractivity contribution in [2.45, 2.75) is 38.5 Å². The lowest BCUT2D eigenvalue weighted by Gasteiger charge is -2.18. The van der Waals surface area contributed by atoms with Gasteiger partial charge >= 0.3 is 0 Å². The second-order valence-electron chi connectivity index (χ2n) is 5.83. The molecule has 108 valence electrons. The molecule has 0 radical (unpaired) electrons. The minimum absolute atomic E-state index is 0.0654. The fourth-order valence-corrected chi connectivity index (χ4v) is 2.64. The zero-order chi connectivity index (χ0) is 14.5. The molecule has 0 fully saturated rings. The highest BCUT2D eigenvalue weighted by atomic mass is 32.2. The van der Waals surface area contributed by atoms with Crippen molar-refractivity contribution in [1.82, 2.24) is 4.72 Å². The molecule has 0 amide bonds. The van der Waals surface area contributed by atoms with Crippen LogP contribution >= 0.6 is 0 Å². The van der Waals surface area contributed by atoms with Crippen molar-refractivity contribution in [3.63, 3.8) is 0 Å². The summed E-state index contributed by atoms with van der Waals surface area (Å²) in [4.78, 5) is 0.267. The van der Waals surface area contributed by atoms with Crippen LogP contribution in [0.1, 0.15) is 32.8 Å². The van der Waals surface area contributed by atoms with E-state index in [0.29, 0.717) is 13.0 Å². The summed E-state index contributed by atoms with van der Waals surface area (Å²) < 4.78 is 26.7. The molecule has 0 aromatic heterocycles. The molecule has 19 heavy (non-hydrogen) atoms. The van der Waals surface area contributed by atoms with Crippen LogP contribution in [0.25, 0.3) is 0 Å². The molecule has 0 bridgehead atoms. The number of hydrogen-bond donors (Lipinski definition) is 2. The largest absolute Gasteiger partial charge is 0.396 e. The van der Waals surface area contributed by atoms with Gasteiger partial charge in [0.1, 0.15) is 0 Å². The molecular weight excluding hydrogens is 262 g/mol. The summed E-state index contributed by atoms with van der Waals surface area (Å²) in [6.07, 6.45) is 1.33. The SMILES string of the molecule is CC(C)(C)CCNS(=O)(=O)c1ccc(CCO)cc1. The van der Waals surface area contributed by atoms with Crippen molar-refractivity contribution >= 4 is 10.0 Å². The summed E-state index contributed by atoms with van der Waals surface area (Å²) in [5.74, 6) is 0. The van der Waals surface area contributed by atoms with Crippen molar-refractivity contribution in [1.29, 1.82) is 0 Å². The molecule has 0 unspecified atom stereocenters. The Morgan fingerprint density at radius 1 is 1.16 bits per heavy atom. The molecule has 1 aromatic carbocycles. The standard InChI is InChI=1S/C14H23NO3S/c1-14(2,3)9-10-15-19(17,18)13-6-4-12(5-7-13)8-11-16/h4-7,15-16H,8-11H2,1-3H3. The average molecular weight is 285 g/mol. The number of aliphatic hydroxyl groups excluding tert-OH is 1. The van der Waals surface area contributed by atoms with Gasteiger partial charge < -0.3 is 5.11 Å². The molecule has 1 aromatic rings. The van der Waals surface area contributed by atoms with E-state index < -0.39 is 10.0 Å². The first-order valence-corrected chi connectivity index (χ1v) is 7.92. The minimum Gasteiger partial charge on any atom is -0.396 e. The molecule has 0 spiro atoms. The maximum atomic E-state index is 12.0. The number of hydrogen-bond acceptors (Lipinski definition) is 3. The van der Waals surface area contributed by atoms with Crippen LogP contribution in [0.2, 0.25) is 0 Å². The van der Waals surface area contributed by atoms with Gasteiger partial charge in [-0.2, -0.15) is 0 Å². The maximum Gasteiger partial charge on any atom is 0.240 e. The van der Waals surface area contributed by atoms with Crippen molar-refractivity contribution < 1.29 is 13.5 Å². The summed E-state index contributed by atoms with van der Waals surface area (Å²) >= 11 is 0. The summed E-state index contributed by atoms with van der Waals surface area (Å²) in [6.45, 7) is 6.72. The number of aliphatic hydroxyl groups is 1. The quantitative estimate of drug-likeness (QED) is 0.839. The van der Waals surface area contributed by atoms with E-state index in [1.165, 1.54) is 0 Å². The van der Waals surface area contributed by atoms with Crippen molar-refractivity contribution in [2.24, 2.45) is 5.41 Å². The molecular formula is C14H23NO3S. The van der Waals surface area contributed by atoms with E-state index in [9.17, 15) is 8.42 Å². The molecule has 0 saturated heterocycles. The molecule has 5 heteroatoms. The normalized spacial score (nSPS) is 12.6. The third-order valence-corrected chi connectivity index (χ3v) is 4.28. The Morgan fingerprint density at radius 3 is 2.21 bits per heavy atom. The van der Waals surface area contributed by atoms with E-state index in [2.05, 4.69) is 25.5 Å². The second kappa shape index (κ2) is 6.50. The van der Waals surface area contributed by atoms with Gasteiger partial charge in [0, 0.05) is 13.2 Å². The van der Waals surface area contributed by atoms with Gasteiger partial charge in [0.2, 0.25) is 10.0 Å². The lowest BCUT2D eigenvalue weighted by molar-refractivity contribution is 0.299. The van der Waals surface area contributed by atoms with Gasteiger partial charge in [-0.1, -0.05) is 32.9 Å². The van der Waals surface area contributed by atoms with Gasteiger partial charge in [0.25, 0.3) is 0 Å². The van der Waals surface area contributed by atoms with Gasteiger partial charge in [-0.3, -0.25) is 0 Å². The van der Waals surface area contributed by atoms with Crippen molar-refractivity contribution in [2.75, 3.05) is 13.2 Å². The minimum atomic E-state index is -3.43. The Bertz CT molecular complexity index is 486. The first-order valence-electron chi connectivity index (χ1n) is 6.44. The van der Waals surface area contributed by atoms with Crippen LogP contribution in [0.15, 0.2) is 29.2 Å². The van der Waals surface area contributed by atoms with Crippen molar-refractivity contribution in [3.8, 4) is 0 Å². The molecule has 0 aliphatic carbocycles. The Labute approximate surface area is 115 Å². The highest BCUT2D eigenvalue weighted by Gasteiger charge is 2.16. The smallest absolute Gasteiger partial charge is 0.240 e. The van der Waals surface area contributed by atoms with Gasteiger partial charge in [-0.15, -0.1) is 0 Å². The van der Waals surface area contributed by atoms with E-state index >= 15 is 0 Å². The van der Waals surface area contributed by atoms with E-state index in [1.807, 2.05) is 0 Å². The second-order valence-corrected chi connectivity index (χ2v) is 7.59. The average Bonchev–Trinajstić information content (AvgIpc) is 2.28. The lowest BCUT2D eigenvalue weighted by Crippen LogP contribution is -2.27. The van der Waals surface area contributed by atoms with E-state index in [1.54, 1.807) is 24.3 Å². The monoisotopic (exact) mass is 285 g/mol. The van der Waals surface area contributed by atoms with E-state index in [4.69, 9.17) is 5.11 Å². The third kappa shape index (κ3) is 5.72. The van der Waals surface area contributed by atoms with Crippen LogP contribution < -0.4 is 4.72 Å². The summed E-state index contributed by atoms with van der Waals surface area (Å²) in [7, 11) is -3.43. The van der Waals surface area contributed by atoms with Crippen LogP contribution in [0.4, 0.5) is 0 Å². The van der Waals surface area contributed by atoms with Crippen molar-refractivity contribution in [3.05, 3.63) is 29.8 Å². The number of rotatable bonds is 6. The Hall–Kier alpha value is -0.910. The Kier molecular flexibility index (Phi) is 5.52. The topological polar surface area (TPSA) is 66.4 Å². The van der Waals surface area contributed by atoms with Crippen LogP contribution in [-0.2, 0) is 16.4 Å². The summed E-state index contributed by atoms with van der Waals surface area (Å²) in [5, 5.41) is 8.81. The molecule has 0 aliphatic rings. The summed E-state index contributed by atoms with van der Waals surface area (Å²) in [5.41, 5.74) is 1.03. The highest BCUT2D eigenvalue weighted by Crippen LogP contribution is 2.18. The fraction of sp³-hybridized carbons (Fsp3) is 0.571. The molecule has 4 nitrogen and oxygen atoms in total. The lowest BCUT2D eigenvalue weighted by atomic mass is 9.93. The van der Waals surface area contributed by atoms with Gasteiger partial charge in [-0.05, 0) is 36.0 Å². The Morgan fingerprint density at radius 2 is 1.74 bits per heavy atom. The van der Waals surface area contributed by atoms with Gasteiger partial charge in [0.15, 0.2) is 0 Å². The van der Waals surface area contributed by atoms with E-state index in [0.717, 1.165) is 12.0 Å². The van der Waals surface area contributed by atoms with Gasteiger partial charge in [-0.25, -0.2) is 13.1 Å². The number of nitrogens with one attached hydrogen (secondary N) is 1. The predicted molar refractivity (Wildman–Crippen MR) is 76.5 cm³/mol. The first-order chi connectivity index (χ1) is 8.74. The number of sulfonamides is 1. The molecule has 2 N–H and O–H groups in total. The molecule has 0 aliphatic heterocycles. The molecule has 0 saturated carbocycles. The molecule has 0 heterocycles. The van der Waals surface area contributed by atoms with Crippen LogP contribution in [-0.4, -0.2) is 26.7 Å². The summed E-state index contributed by atoms with van der Waals surface area (Å²) in [6, 6.07) is 6.61. The molecule has 1 rings (SSSR count). The van der Waals surface area contributed by atoms with Gasteiger partial charge in [0.05, 0.1) is 4.90 Å².